The fourth-order valence-electron chi connectivity index (χ4n) is 3.47. The van der Waals surface area contributed by atoms with Crippen LogP contribution in [0.1, 0.15) is 46.9 Å². The number of esters is 1. The maximum atomic E-state index is 12.6. The van der Waals surface area contributed by atoms with Crippen LogP contribution in [-0.2, 0) is 24.2 Å². The van der Waals surface area contributed by atoms with Crippen LogP contribution in [0.2, 0.25) is 0 Å². The van der Waals surface area contributed by atoms with Crippen LogP contribution in [0.4, 0.5) is 0 Å². The molecule has 3 heterocycles. The zero-order valence-electron chi connectivity index (χ0n) is 15.8. The molecule has 4 rings (SSSR count). The van der Waals surface area contributed by atoms with E-state index < -0.39 is 5.97 Å². The maximum absolute atomic E-state index is 12.6. The Morgan fingerprint density at radius 1 is 1.43 bits per heavy atom. The van der Waals surface area contributed by atoms with E-state index in [1.807, 2.05) is 6.92 Å². The van der Waals surface area contributed by atoms with Crippen LogP contribution in [0.15, 0.2) is 23.1 Å². The Morgan fingerprint density at radius 2 is 2.29 bits per heavy atom. The Kier molecular flexibility index (Phi) is 5.13. The third-order valence-electron chi connectivity index (χ3n) is 4.83. The number of aromatic nitrogens is 3. The van der Waals surface area contributed by atoms with E-state index in [4.69, 9.17) is 9.47 Å². The second kappa shape index (κ2) is 7.71. The molecular weight excluding hydrogens is 378 g/mol. The number of nitrogens with one attached hydrogen (secondary N) is 1. The van der Waals surface area contributed by atoms with Gasteiger partial charge in [0.1, 0.15) is 22.8 Å². The molecule has 0 unspecified atom stereocenters. The Bertz CT molecular complexity index is 1090. The van der Waals surface area contributed by atoms with Crippen LogP contribution in [0.3, 0.4) is 0 Å². The number of H-pyrrole nitrogens is 1. The quantitative estimate of drug-likeness (QED) is 0.662. The molecule has 1 atom stereocenters. The largest absolute Gasteiger partial charge is 0.477 e. The van der Waals surface area contributed by atoms with Gasteiger partial charge in [-0.3, -0.25) is 4.79 Å². The molecule has 146 valence electrons. The lowest BCUT2D eigenvalue weighted by Crippen LogP contribution is -2.16. The zero-order valence-corrected chi connectivity index (χ0v) is 16.6. The molecule has 0 saturated carbocycles. The minimum Gasteiger partial charge on any atom is -0.477 e. The van der Waals surface area contributed by atoms with Crippen molar-refractivity contribution in [1.29, 1.82) is 0 Å². The standard InChI is InChI=1S/C20H21N3O4S/c1-3-26-18-13(5-4-8-21-18)20(25)27-10-15-22-17(24)16-12-7-6-11(2)9-14(12)28-19(16)23-15/h4-5,8,11H,3,6-7,9-10H2,1-2H3,(H,22,23,24)/t11-/m0/s1. The third kappa shape index (κ3) is 3.52. The van der Waals surface area contributed by atoms with Crippen molar-refractivity contribution in [3.8, 4) is 5.88 Å². The summed E-state index contributed by atoms with van der Waals surface area (Å²) < 4.78 is 10.7. The summed E-state index contributed by atoms with van der Waals surface area (Å²) in [6.07, 6.45) is 4.54. The Balaban J connectivity index is 1.56. The van der Waals surface area contributed by atoms with Crippen LogP contribution in [0, 0.1) is 5.92 Å². The van der Waals surface area contributed by atoms with Crippen molar-refractivity contribution in [3.63, 3.8) is 0 Å². The minimum absolute atomic E-state index is 0.122. The molecular formula is C20H21N3O4S. The number of nitrogens with zero attached hydrogens (tertiary/aromatic N) is 2. The van der Waals surface area contributed by atoms with Crippen LogP contribution in [0.5, 0.6) is 5.88 Å². The van der Waals surface area contributed by atoms with E-state index in [1.54, 1.807) is 29.7 Å². The Labute approximate surface area is 165 Å². The average molecular weight is 399 g/mol. The van der Waals surface area contributed by atoms with Gasteiger partial charge in [0.25, 0.3) is 5.56 Å². The first kappa shape index (κ1) is 18.6. The molecule has 3 aromatic rings. The average Bonchev–Trinajstić information content (AvgIpc) is 3.04. The van der Waals surface area contributed by atoms with Crippen molar-refractivity contribution in [2.45, 2.75) is 39.7 Å². The van der Waals surface area contributed by atoms with Crippen LogP contribution in [0.25, 0.3) is 10.2 Å². The van der Waals surface area contributed by atoms with Gasteiger partial charge in [0, 0.05) is 11.1 Å². The first-order chi connectivity index (χ1) is 13.6. The lowest BCUT2D eigenvalue weighted by molar-refractivity contribution is 0.0457. The second-order valence-corrected chi connectivity index (χ2v) is 7.99. The van der Waals surface area contributed by atoms with Crippen molar-refractivity contribution in [1.82, 2.24) is 15.0 Å². The van der Waals surface area contributed by atoms with E-state index >= 15 is 0 Å². The fourth-order valence-corrected chi connectivity index (χ4v) is 4.87. The number of fused-ring (bicyclic) bond motifs is 3. The lowest BCUT2D eigenvalue weighted by atomic mass is 9.89. The summed E-state index contributed by atoms with van der Waals surface area (Å²) in [6, 6.07) is 3.23. The van der Waals surface area contributed by atoms with Crippen molar-refractivity contribution in [2.24, 2.45) is 5.92 Å². The highest BCUT2D eigenvalue weighted by molar-refractivity contribution is 7.18. The molecule has 1 N–H and O–H groups in total. The zero-order chi connectivity index (χ0) is 19.7. The number of thiophene rings is 1. The summed E-state index contributed by atoms with van der Waals surface area (Å²) in [5.41, 5.74) is 1.21. The number of carbonyl (C=O) groups is 1. The smallest absolute Gasteiger partial charge is 0.344 e. The van der Waals surface area contributed by atoms with Gasteiger partial charge >= 0.3 is 5.97 Å². The number of hydrogen-bond acceptors (Lipinski definition) is 7. The molecule has 8 heteroatoms. The number of pyridine rings is 1. The number of aromatic amines is 1. The predicted octanol–water partition coefficient (Wildman–Crippen LogP) is 3.26. The Hall–Kier alpha value is -2.74. The molecule has 0 aromatic carbocycles. The minimum atomic E-state index is -0.571. The molecule has 0 aliphatic heterocycles. The molecule has 1 aliphatic rings. The van der Waals surface area contributed by atoms with Crippen LogP contribution >= 0.6 is 11.3 Å². The van der Waals surface area contributed by atoms with E-state index in [0.717, 1.165) is 24.8 Å². The molecule has 7 nitrogen and oxygen atoms in total. The van der Waals surface area contributed by atoms with Crippen molar-refractivity contribution >= 4 is 27.5 Å². The molecule has 0 bridgehead atoms. The van der Waals surface area contributed by atoms with E-state index in [2.05, 4.69) is 21.9 Å². The normalized spacial score (nSPS) is 16.0. The highest BCUT2D eigenvalue weighted by Gasteiger charge is 2.23. The lowest BCUT2D eigenvalue weighted by Gasteiger charge is -2.17. The first-order valence-electron chi connectivity index (χ1n) is 9.35. The predicted molar refractivity (Wildman–Crippen MR) is 106 cm³/mol. The van der Waals surface area contributed by atoms with E-state index in [0.29, 0.717) is 28.6 Å². The highest BCUT2D eigenvalue weighted by Crippen LogP contribution is 2.35. The third-order valence-corrected chi connectivity index (χ3v) is 5.97. The summed E-state index contributed by atoms with van der Waals surface area (Å²) >= 11 is 1.57. The molecule has 28 heavy (non-hydrogen) atoms. The second-order valence-electron chi connectivity index (χ2n) is 6.91. The molecule has 0 spiro atoms. The van der Waals surface area contributed by atoms with E-state index in [-0.39, 0.29) is 23.6 Å². The number of ether oxygens (including phenoxy) is 2. The summed E-state index contributed by atoms with van der Waals surface area (Å²) in [5, 5.41) is 0.688. The maximum Gasteiger partial charge on any atom is 0.344 e. The number of rotatable bonds is 5. The summed E-state index contributed by atoms with van der Waals surface area (Å²) in [6.45, 7) is 4.31. The van der Waals surface area contributed by atoms with Crippen molar-refractivity contribution < 1.29 is 14.3 Å². The van der Waals surface area contributed by atoms with Gasteiger partial charge in [-0.15, -0.1) is 11.3 Å². The molecule has 0 radical (unpaired) electrons. The van der Waals surface area contributed by atoms with Crippen LogP contribution in [-0.4, -0.2) is 27.5 Å². The van der Waals surface area contributed by atoms with Gasteiger partial charge in [0.15, 0.2) is 0 Å². The molecule has 0 saturated heterocycles. The van der Waals surface area contributed by atoms with Gasteiger partial charge in [-0.1, -0.05) is 6.92 Å². The molecule has 0 fully saturated rings. The summed E-state index contributed by atoms with van der Waals surface area (Å²) in [4.78, 5) is 38.3. The SMILES string of the molecule is CCOc1ncccc1C(=O)OCc1nc2sc3c(c2c(=O)[nH]1)CC[C@H](C)C3. The topological polar surface area (TPSA) is 94.2 Å². The Morgan fingerprint density at radius 3 is 3.11 bits per heavy atom. The van der Waals surface area contributed by atoms with E-state index in [9.17, 15) is 9.59 Å². The number of aryl methyl sites for hydroxylation is 1. The summed E-state index contributed by atoms with van der Waals surface area (Å²) in [5.74, 6) is 0.615. The molecule has 0 amide bonds. The van der Waals surface area contributed by atoms with Crippen molar-refractivity contribution in [3.05, 3.63) is 50.5 Å². The fraction of sp³-hybridized carbons (Fsp3) is 0.400. The van der Waals surface area contributed by atoms with Crippen molar-refractivity contribution in [2.75, 3.05) is 6.61 Å². The van der Waals surface area contributed by atoms with Gasteiger partial charge in [-0.25, -0.2) is 14.8 Å². The van der Waals surface area contributed by atoms with Gasteiger partial charge in [0.05, 0.1) is 12.0 Å². The highest BCUT2D eigenvalue weighted by atomic mass is 32.1. The molecule has 1 aliphatic carbocycles. The van der Waals surface area contributed by atoms with E-state index in [1.165, 1.54) is 4.88 Å². The van der Waals surface area contributed by atoms with Gasteiger partial charge in [-0.05, 0) is 49.8 Å². The van der Waals surface area contributed by atoms with Gasteiger partial charge in [-0.2, -0.15) is 0 Å². The molecule has 3 aromatic heterocycles. The van der Waals surface area contributed by atoms with Crippen LogP contribution < -0.4 is 10.3 Å². The monoisotopic (exact) mass is 399 g/mol. The number of carbonyl (C=O) groups excluding carboxylic acids is 1. The first-order valence-corrected chi connectivity index (χ1v) is 10.2. The summed E-state index contributed by atoms with van der Waals surface area (Å²) in [7, 11) is 0. The van der Waals surface area contributed by atoms with Gasteiger partial charge in [0.2, 0.25) is 5.88 Å². The van der Waals surface area contributed by atoms with Gasteiger partial charge < -0.3 is 14.5 Å². The number of hydrogen-bond donors (Lipinski definition) is 1.